The zero-order valence-electron chi connectivity index (χ0n) is 19.3. The average molecular weight is 473 g/mol. The number of ether oxygens (including phenoxy) is 1. The maximum Gasteiger partial charge on any atom is 0.305 e. The van der Waals surface area contributed by atoms with Crippen LogP contribution >= 0.6 is 11.3 Å². The summed E-state index contributed by atoms with van der Waals surface area (Å²) in [6, 6.07) is 24.1. The topological polar surface area (TPSA) is 68.3 Å². The van der Waals surface area contributed by atoms with Crippen LogP contribution in [0.25, 0.3) is 20.8 Å². The highest BCUT2D eigenvalue weighted by Crippen LogP contribution is 2.31. The van der Waals surface area contributed by atoms with E-state index in [0.717, 1.165) is 34.6 Å². The SMILES string of the molecule is Cc1ccc2nc(-c3ccc(NC(=O)CCCC(=O)OCCCc4ccccc4)cc3)sc2c1. The standard InChI is InChI=1S/C28H28N2O3S/c1-20-12-17-24-25(19-20)34-28(30-24)22-13-15-23(16-14-22)29-26(31)10-5-11-27(32)33-18-6-9-21-7-3-2-4-8-21/h2-4,7-8,12-17,19H,5-6,9-11,18H2,1H3,(H,29,31). The van der Waals surface area contributed by atoms with E-state index >= 15 is 0 Å². The number of benzene rings is 3. The Morgan fingerprint density at radius 2 is 1.74 bits per heavy atom. The fourth-order valence-electron chi connectivity index (χ4n) is 3.65. The zero-order chi connectivity index (χ0) is 23.8. The second-order valence-corrected chi connectivity index (χ2v) is 9.31. The van der Waals surface area contributed by atoms with E-state index in [1.807, 2.05) is 48.5 Å². The summed E-state index contributed by atoms with van der Waals surface area (Å²) in [5.41, 5.74) is 5.20. The molecule has 3 aromatic carbocycles. The molecule has 174 valence electrons. The summed E-state index contributed by atoms with van der Waals surface area (Å²) < 4.78 is 6.44. The maximum absolute atomic E-state index is 12.2. The number of hydrogen-bond acceptors (Lipinski definition) is 5. The van der Waals surface area contributed by atoms with Gasteiger partial charge in [-0.05, 0) is 73.7 Å². The van der Waals surface area contributed by atoms with Crippen LogP contribution in [-0.4, -0.2) is 23.5 Å². The molecule has 1 heterocycles. The van der Waals surface area contributed by atoms with Gasteiger partial charge in [0.1, 0.15) is 5.01 Å². The number of thiazole rings is 1. The highest BCUT2D eigenvalue weighted by Gasteiger charge is 2.09. The predicted octanol–water partition coefficient (Wildman–Crippen LogP) is 6.56. The van der Waals surface area contributed by atoms with Gasteiger partial charge in [-0.15, -0.1) is 11.3 Å². The van der Waals surface area contributed by atoms with E-state index in [1.165, 1.54) is 15.8 Å². The van der Waals surface area contributed by atoms with Crippen LogP contribution in [0.3, 0.4) is 0 Å². The van der Waals surface area contributed by atoms with Crippen molar-refractivity contribution in [3.8, 4) is 10.6 Å². The van der Waals surface area contributed by atoms with Crippen LogP contribution < -0.4 is 5.32 Å². The van der Waals surface area contributed by atoms with Gasteiger partial charge < -0.3 is 10.1 Å². The van der Waals surface area contributed by atoms with Crippen molar-refractivity contribution in [3.05, 3.63) is 83.9 Å². The lowest BCUT2D eigenvalue weighted by Crippen LogP contribution is -2.13. The van der Waals surface area contributed by atoms with Gasteiger partial charge in [0.05, 0.1) is 16.8 Å². The number of rotatable bonds is 10. The van der Waals surface area contributed by atoms with Gasteiger partial charge in [-0.1, -0.05) is 36.4 Å². The van der Waals surface area contributed by atoms with Crippen LogP contribution in [0, 0.1) is 6.92 Å². The summed E-state index contributed by atoms with van der Waals surface area (Å²) in [4.78, 5) is 28.8. The molecule has 34 heavy (non-hydrogen) atoms. The van der Waals surface area contributed by atoms with Gasteiger partial charge in [-0.25, -0.2) is 4.98 Å². The summed E-state index contributed by atoms with van der Waals surface area (Å²) in [7, 11) is 0. The summed E-state index contributed by atoms with van der Waals surface area (Å²) in [5, 5.41) is 3.85. The van der Waals surface area contributed by atoms with Crippen LogP contribution in [0.5, 0.6) is 0 Å². The summed E-state index contributed by atoms with van der Waals surface area (Å²) in [5.74, 6) is -0.365. The number of nitrogens with one attached hydrogen (secondary N) is 1. The molecule has 6 heteroatoms. The van der Waals surface area contributed by atoms with Gasteiger partial charge >= 0.3 is 5.97 Å². The number of amides is 1. The molecule has 1 aromatic heterocycles. The molecule has 0 unspecified atom stereocenters. The monoisotopic (exact) mass is 472 g/mol. The third-order valence-corrected chi connectivity index (χ3v) is 6.53. The molecule has 0 spiro atoms. The quantitative estimate of drug-likeness (QED) is 0.210. The van der Waals surface area contributed by atoms with Crippen molar-refractivity contribution < 1.29 is 14.3 Å². The van der Waals surface area contributed by atoms with Gasteiger partial charge in [0, 0.05) is 24.1 Å². The van der Waals surface area contributed by atoms with Crippen molar-refractivity contribution in [2.45, 2.75) is 39.0 Å². The predicted molar refractivity (Wildman–Crippen MR) is 138 cm³/mol. The Morgan fingerprint density at radius 3 is 2.53 bits per heavy atom. The lowest BCUT2D eigenvalue weighted by atomic mass is 10.1. The number of nitrogens with zero attached hydrogens (tertiary/aromatic N) is 1. The molecule has 4 aromatic rings. The van der Waals surface area contributed by atoms with Crippen molar-refractivity contribution in [2.24, 2.45) is 0 Å². The van der Waals surface area contributed by atoms with Crippen LogP contribution in [0.15, 0.2) is 72.8 Å². The molecular formula is C28H28N2O3S. The van der Waals surface area contributed by atoms with E-state index in [4.69, 9.17) is 9.72 Å². The Morgan fingerprint density at radius 1 is 0.941 bits per heavy atom. The lowest BCUT2D eigenvalue weighted by molar-refractivity contribution is -0.143. The second kappa shape index (κ2) is 11.6. The Kier molecular flexibility index (Phi) is 8.04. The molecule has 0 radical (unpaired) electrons. The summed E-state index contributed by atoms with van der Waals surface area (Å²) >= 11 is 1.66. The number of aromatic nitrogens is 1. The Hall–Kier alpha value is -3.51. The van der Waals surface area contributed by atoms with Crippen molar-refractivity contribution in [2.75, 3.05) is 11.9 Å². The number of hydrogen-bond donors (Lipinski definition) is 1. The molecule has 0 aliphatic carbocycles. The normalized spacial score (nSPS) is 10.9. The molecule has 0 aliphatic rings. The minimum absolute atomic E-state index is 0.111. The number of fused-ring (bicyclic) bond motifs is 1. The molecular weight excluding hydrogens is 444 g/mol. The molecule has 1 N–H and O–H groups in total. The van der Waals surface area contributed by atoms with E-state index < -0.39 is 0 Å². The van der Waals surface area contributed by atoms with Gasteiger partial charge in [-0.2, -0.15) is 0 Å². The van der Waals surface area contributed by atoms with Crippen molar-refractivity contribution in [1.82, 2.24) is 4.98 Å². The summed E-state index contributed by atoms with van der Waals surface area (Å²) in [6.07, 6.45) is 2.66. The first-order chi connectivity index (χ1) is 16.6. The fraction of sp³-hybridized carbons (Fsp3) is 0.250. The first kappa shape index (κ1) is 23.6. The number of anilines is 1. The highest BCUT2D eigenvalue weighted by molar-refractivity contribution is 7.21. The van der Waals surface area contributed by atoms with Crippen molar-refractivity contribution in [3.63, 3.8) is 0 Å². The maximum atomic E-state index is 12.2. The van der Waals surface area contributed by atoms with Crippen LogP contribution in [0.1, 0.15) is 36.8 Å². The van der Waals surface area contributed by atoms with Gasteiger partial charge in [0.25, 0.3) is 0 Å². The Bertz CT molecular complexity index is 1250. The number of carbonyl (C=O) groups is 2. The number of esters is 1. The number of carbonyl (C=O) groups excluding carboxylic acids is 2. The van der Waals surface area contributed by atoms with E-state index in [9.17, 15) is 9.59 Å². The summed E-state index contributed by atoms with van der Waals surface area (Å²) in [6.45, 7) is 2.48. The Balaban J connectivity index is 1.16. The van der Waals surface area contributed by atoms with Gasteiger partial charge in [-0.3, -0.25) is 9.59 Å². The first-order valence-corrected chi connectivity index (χ1v) is 12.4. The van der Waals surface area contributed by atoms with Crippen LogP contribution in [0.2, 0.25) is 0 Å². The smallest absolute Gasteiger partial charge is 0.305 e. The molecule has 0 atom stereocenters. The lowest BCUT2D eigenvalue weighted by Gasteiger charge is -2.07. The Labute approximate surface area is 203 Å². The average Bonchev–Trinajstić information content (AvgIpc) is 3.26. The minimum Gasteiger partial charge on any atom is -0.466 e. The third kappa shape index (κ3) is 6.75. The molecule has 0 saturated carbocycles. The highest BCUT2D eigenvalue weighted by atomic mass is 32.1. The molecule has 1 amide bonds. The second-order valence-electron chi connectivity index (χ2n) is 8.28. The van der Waals surface area contributed by atoms with E-state index in [1.54, 1.807) is 11.3 Å². The van der Waals surface area contributed by atoms with E-state index in [2.05, 4.69) is 36.5 Å². The third-order valence-electron chi connectivity index (χ3n) is 5.46. The molecule has 4 rings (SSSR count). The number of aryl methyl sites for hydroxylation is 2. The van der Waals surface area contributed by atoms with Gasteiger partial charge in [0.2, 0.25) is 5.91 Å². The van der Waals surface area contributed by atoms with Crippen LogP contribution in [-0.2, 0) is 20.7 Å². The first-order valence-electron chi connectivity index (χ1n) is 11.5. The molecule has 5 nitrogen and oxygen atoms in total. The van der Waals surface area contributed by atoms with E-state index in [-0.39, 0.29) is 24.7 Å². The van der Waals surface area contributed by atoms with Crippen molar-refractivity contribution >= 4 is 39.1 Å². The minimum atomic E-state index is -0.253. The van der Waals surface area contributed by atoms with Gasteiger partial charge in [0.15, 0.2) is 0 Å². The van der Waals surface area contributed by atoms with Crippen LogP contribution in [0.4, 0.5) is 5.69 Å². The zero-order valence-corrected chi connectivity index (χ0v) is 20.1. The molecule has 0 saturated heterocycles. The fourth-order valence-corrected chi connectivity index (χ4v) is 4.72. The largest absolute Gasteiger partial charge is 0.466 e. The molecule has 0 bridgehead atoms. The van der Waals surface area contributed by atoms with Crippen molar-refractivity contribution in [1.29, 1.82) is 0 Å². The van der Waals surface area contributed by atoms with E-state index in [0.29, 0.717) is 13.0 Å². The molecule has 0 fully saturated rings. The molecule has 0 aliphatic heterocycles.